The van der Waals surface area contributed by atoms with Gasteiger partial charge in [-0.25, -0.2) is 4.79 Å². The summed E-state index contributed by atoms with van der Waals surface area (Å²) in [4.78, 5) is 47.2. The molecule has 4 fully saturated rings. The summed E-state index contributed by atoms with van der Waals surface area (Å²) in [5.41, 5.74) is 2.78. The highest BCUT2D eigenvalue weighted by atomic mass is 16.6. The molecule has 3 aromatic rings. The molecule has 0 spiro atoms. The molecule has 8 nitrogen and oxygen atoms in total. The van der Waals surface area contributed by atoms with Gasteiger partial charge in [-0.1, -0.05) is 36.4 Å². The summed E-state index contributed by atoms with van der Waals surface area (Å²) in [6.07, 6.45) is 6.69. The first-order valence-electron chi connectivity index (χ1n) is 15.9. The van der Waals surface area contributed by atoms with Gasteiger partial charge in [0.2, 0.25) is 0 Å². The Morgan fingerprint density at radius 3 is 2.16 bits per heavy atom. The van der Waals surface area contributed by atoms with E-state index in [4.69, 9.17) is 4.74 Å². The Morgan fingerprint density at radius 1 is 0.818 bits per heavy atom. The first kappa shape index (κ1) is 28.4. The second kappa shape index (κ2) is 11.6. The minimum atomic E-state index is -1.45. The normalized spacial score (nSPS) is 27.1. The van der Waals surface area contributed by atoms with Crippen LogP contribution in [0.5, 0.6) is 5.75 Å². The van der Waals surface area contributed by atoms with E-state index in [2.05, 4.69) is 5.32 Å². The molecule has 4 aliphatic carbocycles. The van der Waals surface area contributed by atoms with Crippen molar-refractivity contribution in [2.75, 3.05) is 35.3 Å². The number of hydrogen-bond donors (Lipinski definition) is 1. The van der Waals surface area contributed by atoms with E-state index in [1.807, 2.05) is 79.7 Å². The predicted octanol–water partition coefficient (Wildman–Crippen LogP) is 6.38. The highest BCUT2D eigenvalue weighted by Gasteiger charge is 2.49. The lowest BCUT2D eigenvalue weighted by Gasteiger charge is -2.54. The molecule has 3 amide bonds. The van der Waals surface area contributed by atoms with E-state index in [9.17, 15) is 14.4 Å². The maximum Gasteiger partial charge on any atom is 0.413 e. The summed E-state index contributed by atoms with van der Waals surface area (Å²) in [5.74, 6) is 3.17. The number of anilines is 4. The third-order valence-corrected chi connectivity index (χ3v) is 10.3. The maximum absolute atomic E-state index is 14.4. The van der Waals surface area contributed by atoms with Crippen LogP contribution < -0.4 is 24.8 Å². The third kappa shape index (κ3) is 5.31. The Morgan fingerprint density at radius 2 is 1.48 bits per heavy atom. The molecule has 1 atom stereocenters. The minimum Gasteiger partial charge on any atom is -0.410 e. The molecule has 8 rings (SSSR count). The van der Waals surface area contributed by atoms with E-state index in [-0.39, 0.29) is 0 Å². The van der Waals surface area contributed by atoms with Crippen molar-refractivity contribution in [2.24, 2.45) is 29.6 Å². The molecule has 5 aliphatic rings. The van der Waals surface area contributed by atoms with Crippen molar-refractivity contribution < 1.29 is 19.1 Å². The van der Waals surface area contributed by atoms with Crippen molar-refractivity contribution in [1.29, 1.82) is 0 Å². The van der Waals surface area contributed by atoms with Crippen molar-refractivity contribution in [3.8, 4) is 5.75 Å². The number of nitrogens with one attached hydrogen (secondary N) is 1. The van der Waals surface area contributed by atoms with Crippen LogP contribution in [0.15, 0.2) is 78.9 Å². The molecule has 1 aliphatic heterocycles. The molecular weight excluding hydrogens is 552 g/mol. The highest BCUT2D eigenvalue weighted by molar-refractivity contribution is 6.23. The molecule has 0 radical (unpaired) electrons. The molecule has 1 unspecified atom stereocenters. The molecule has 4 saturated carbocycles. The minimum absolute atomic E-state index is 0.323. The van der Waals surface area contributed by atoms with E-state index in [1.165, 1.54) is 32.1 Å². The number of rotatable bonds is 7. The van der Waals surface area contributed by atoms with E-state index in [0.717, 1.165) is 35.8 Å². The van der Waals surface area contributed by atoms with Crippen LogP contribution in [0, 0.1) is 29.6 Å². The van der Waals surface area contributed by atoms with Gasteiger partial charge in [-0.3, -0.25) is 14.5 Å². The summed E-state index contributed by atoms with van der Waals surface area (Å²) in [5, 5.41) is 2.65. The van der Waals surface area contributed by atoms with Gasteiger partial charge in [0.15, 0.2) is 6.04 Å². The van der Waals surface area contributed by atoms with Crippen LogP contribution in [0.4, 0.5) is 27.5 Å². The van der Waals surface area contributed by atoms with E-state index < -0.39 is 23.9 Å². The number of fused-ring (bicyclic) bond motifs is 1. The third-order valence-electron chi connectivity index (χ3n) is 10.3. The summed E-state index contributed by atoms with van der Waals surface area (Å²) in [6.45, 7) is 0.497. The molecule has 1 N–H and O–H groups in total. The number of ether oxygens (including phenoxy) is 1. The van der Waals surface area contributed by atoms with Crippen molar-refractivity contribution in [3.05, 3.63) is 78.9 Å². The van der Waals surface area contributed by atoms with Gasteiger partial charge in [-0.15, -0.1) is 0 Å². The zero-order chi connectivity index (χ0) is 30.4. The molecule has 44 heavy (non-hydrogen) atoms. The van der Waals surface area contributed by atoms with Gasteiger partial charge in [0, 0.05) is 38.1 Å². The average molecular weight is 593 g/mol. The fraction of sp³-hybridized carbons (Fsp3) is 0.417. The number of benzene rings is 3. The van der Waals surface area contributed by atoms with Gasteiger partial charge in [-0.2, -0.15) is 0 Å². The second-order valence-electron chi connectivity index (χ2n) is 13.2. The van der Waals surface area contributed by atoms with E-state index in [1.54, 1.807) is 28.0 Å². The Kier molecular flexibility index (Phi) is 7.52. The van der Waals surface area contributed by atoms with Gasteiger partial charge in [0.05, 0.1) is 11.4 Å². The summed E-state index contributed by atoms with van der Waals surface area (Å²) in [6, 6.07) is 22.5. The van der Waals surface area contributed by atoms with Crippen molar-refractivity contribution in [1.82, 2.24) is 5.32 Å². The van der Waals surface area contributed by atoms with Crippen molar-refractivity contribution >= 4 is 40.7 Å². The first-order chi connectivity index (χ1) is 21.4. The molecule has 8 heteroatoms. The van der Waals surface area contributed by atoms with E-state index in [0.29, 0.717) is 35.3 Å². The topological polar surface area (TPSA) is 82.2 Å². The standard InChI is InChI=1S/C36H40N4O4/c1-38(2)28-11-8-12-29(22-28)44-36(43)37-33-34(41)39(16-15-30-25-18-23-17-24(20-25)21-26(30)19-23)31-13-6-7-14-32(31)40(35(33)42)27-9-4-3-5-10-27/h3-14,22-26,30,33H,15-21H2,1-2H3,(H,37,43). The molecule has 3 aromatic carbocycles. The Balaban J connectivity index is 1.19. The van der Waals surface area contributed by atoms with Crippen LogP contribution in [0.25, 0.3) is 0 Å². The zero-order valence-electron chi connectivity index (χ0n) is 25.4. The lowest BCUT2D eigenvalue weighted by molar-refractivity contribution is -0.128. The molecule has 0 saturated heterocycles. The molecule has 0 aromatic heterocycles. The van der Waals surface area contributed by atoms with Gasteiger partial charge in [-0.05, 0) is 105 Å². The van der Waals surface area contributed by atoms with Crippen LogP contribution in [0.1, 0.15) is 38.5 Å². The van der Waals surface area contributed by atoms with Crippen LogP contribution in [0.3, 0.4) is 0 Å². The number of para-hydroxylation sites is 3. The molecule has 4 bridgehead atoms. The molecule has 1 heterocycles. The van der Waals surface area contributed by atoms with Crippen molar-refractivity contribution in [2.45, 2.75) is 44.6 Å². The SMILES string of the molecule is CN(C)c1cccc(OC(=O)NC2C(=O)N(CCC3C4CC5CC(C4)CC3C5)c3ccccc3N(c3ccccc3)C2=O)c1. The number of carbonyl (C=O) groups excluding carboxylic acids is 3. The maximum atomic E-state index is 14.4. The van der Waals surface area contributed by atoms with Crippen LogP contribution in [0.2, 0.25) is 0 Å². The lowest BCUT2D eigenvalue weighted by atomic mass is 9.51. The zero-order valence-corrected chi connectivity index (χ0v) is 25.4. The largest absolute Gasteiger partial charge is 0.413 e. The fourth-order valence-electron chi connectivity index (χ4n) is 8.57. The first-order valence-corrected chi connectivity index (χ1v) is 15.9. The van der Waals surface area contributed by atoms with Crippen molar-refractivity contribution in [3.63, 3.8) is 0 Å². The number of amides is 3. The number of hydrogen-bond acceptors (Lipinski definition) is 5. The molecule has 228 valence electrons. The van der Waals surface area contributed by atoms with Gasteiger partial charge >= 0.3 is 6.09 Å². The second-order valence-corrected chi connectivity index (χ2v) is 13.2. The monoisotopic (exact) mass is 592 g/mol. The van der Waals surface area contributed by atoms with Gasteiger partial charge in [0.25, 0.3) is 11.8 Å². The van der Waals surface area contributed by atoms with Crippen LogP contribution in [-0.2, 0) is 9.59 Å². The van der Waals surface area contributed by atoms with Crippen LogP contribution in [-0.4, -0.2) is 44.6 Å². The smallest absolute Gasteiger partial charge is 0.410 e. The Labute approximate surface area is 259 Å². The Hall–Kier alpha value is -4.33. The van der Waals surface area contributed by atoms with Gasteiger partial charge < -0.3 is 19.9 Å². The fourth-order valence-corrected chi connectivity index (χ4v) is 8.57. The Bertz CT molecular complexity index is 1530. The quantitative estimate of drug-likeness (QED) is 0.322. The van der Waals surface area contributed by atoms with Gasteiger partial charge in [0.1, 0.15) is 5.75 Å². The average Bonchev–Trinajstić information content (AvgIpc) is 3.09. The predicted molar refractivity (Wildman–Crippen MR) is 171 cm³/mol. The number of carbonyl (C=O) groups is 3. The summed E-state index contributed by atoms with van der Waals surface area (Å²) < 4.78 is 5.60. The lowest BCUT2D eigenvalue weighted by Crippen LogP contribution is -2.55. The summed E-state index contributed by atoms with van der Waals surface area (Å²) >= 11 is 0. The summed E-state index contributed by atoms with van der Waals surface area (Å²) in [7, 11) is 3.80. The highest BCUT2D eigenvalue weighted by Crippen LogP contribution is 2.57. The van der Waals surface area contributed by atoms with Crippen LogP contribution >= 0.6 is 0 Å². The molecular formula is C36H40N4O4. The van der Waals surface area contributed by atoms with E-state index >= 15 is 0 Å². The number of nitrogens with zero attached hydrogens (tertiary/aromatic N) is 3.